The second kappa shape index (κ2) is 13.0. The predicted molar refractivity (Wildman–Crippen MR) is 222 cm³/mol. The number of nitrogens with zero attached hydrogens (tertiary/aromatic N) is 1. The van der Waals surface area contributed by atoms with Gasteiger partial charge in [0.25, 0.3) is 0 Å². The molecule has 10 aromatic rings. The summed E-state index contributed by atoms with van der Waals surface area (Å²) in [5.74, 6) is 0. The molecule has 2 aromatic heterocycles. The van der Waals surface area contributed by atoms with Crippen molar-refractivity contribution in [3.05, 3.63) is 199 Å². The highest BCUT2D eigenvalue weighted by Gasteiger charge is 2.16. The Hall–Kier alpha value is -6.97. The summed E-state index contributed by atoms with van der Waals surface area (Å²) in [7, 11) is 0. The molecule has 0 bridgehead atoms. The molecule has 0 atom stereocenters. The van der Waals surface area contributed by atoms with E-state index in [1.54, 1.807) is 0 Å². The van der Waals surface area contributed by atoms with E-state index in [4.69, 9.17) is 13.8 Å². The molecule has 250 valence electrons. The topological polar surface area (TPSA) is 38.6 Å². The van der Waals surface area contributed by atoms with Gasteiger partial charge in [-0.3, -0.25) is 4.99 Å². The average Bonchev–Trinajstić information content (AvgIpc) is 3.80. The van der Waals surface area contributed by atoms with E-state index in [2.05, 4.69) is 152 Å². The summed E-state index contributed by atoms with van der Waals surface area (Å²) in [6.45, 7) is 0. The van der Waals surface area contributed by atoms with Crippen LogP contribution in [0.1, 0.15) is 16.7 Å². The lowest BCUT2D eigenvalue weighted by atomic mass is 9.94. The molecule has 2 heterocycles. The fraction of sp³-hybridized carbons (Fsp3) is 0.0200. The van der Waals surface area contributed by atoms with Gasteiger partial charge in [-0.15, -0.1) is 0 Å². The van der Waals surface area contributed by atoms with E-state index in [0.29, 0.717) is 0 Å². The van der Waals surface area contributed by atoms with Crippen LogP contribution in [0.4, 0.5) is 0 Å². The van der Waals surface area contributed by atoms with Gasteiger partial charge in [0.05, 0.1) is 5.70 Å². The minimum Gasteiger partial charge on any atom is -0.455 e. The Balaban J connectivity index is 1.13. The molecule has 10 rings (SSSR count). The number of aliphatic imine (C=N–C) groups is 1. The van der Waals surface area contributed by atoms with Crippen LogP contribution in [-0.2, 0) is 6.42 Å². The van der Waals surface area contributed by atoms with Crippen molar-refractivity contribution in [2.45, 2.75) is 6.42 Å². The summed E-state index contributed by atoms with van der Waals surface area (Å²) in [5, 5.41) is 6.90. The van der Waals surface area contributed by atoms with Crippen molar-refractivity contribution >= 4 is 66.6 Å². The van der Waals surface area contributed by atoms with Gasteiger partial charge in [0.2, 0.25) is 0 Å². The van der Waals surface area contributed by atoms with E-state index >= 15 is 0 Å². The molecule has 0 aliphatic heterocycles. The molecule has 0 saturated carbocycles. The SMILES string of the molecule is C(=N/C(=C\Cc1ccc2ccccc2c1)c1ccccc1)c1cc(-c2cccc3c2oc2ccccc23)cc(-c2cccc3c2oc2ccccc23)c1. The van der Waals surface area contributed by atoms with Crippen molar-refractivity contribution in [1.82, 2.24) is 0 Å². The number of rotatable bonds is 7. The highest BCUT2D eigenvalue weighted by molar-refractivity contribution is 6.12. The van der Waals surface area contributed by atoms with E-state index < -0.39 is 0 Å². The molecule has 0 radical (unpaired) electrons. The van der Waals surface area contributed by atoms with Crippen LogP contribution in [0.25, 0.3) is 82.6 Å². The lowest BCUT2D eigenvalue weighted by molar-refractivity contribution is 0.670. The molecule has 53 heavy (non-hydrogen) atoms. The summed E-state index contributed by atoms with van der Waals surface area (Å²) < 4.78 is 13.1. The minimum atomic E-state index is 0.764. The second-order valence-electron chi connectivity index (χ2n) is 13.5. The molecule has 8 aromatic carbocycles. The normalized spacial score (nSPS) is 12.3. The number of hydrogen-bond donors (Lipinski definition) is 0. The van der Waals surface area contributed by atoms with Gasteiger partial charge in [0.1, 0.15) is 22.3 Å². The first-order valence-corrected chi connectivity index (χ1v) is 18.0. The van der Waals surface area contributed by atoms with Gasteiger partial charge in [-0.1, -0.05) is 152 Å². The van der Waals surface area contributed by atoms with E-state index in [9.17, 15) is 0 Å². The van der Waals surface area contributed by atoms with E-state index in [0.717, 1.165) is 89.4 Å². The van der Waals surface area contributed by atoms with Crippen LogP contribution >= 0.6 is 0 Å². The van der Waals surface area contributed by atoms with Crippen LogP contribution in [0.3, 0.4) is 0 Å². The molecule has 0 unspecified atom stereocenters. The first-order chi connectivity index (χ1) is 26.2. The third-order valence-corrected chi connectivity index (χ3v) is 10.2. The molecule has 0 fully saturated rings. The average molecular weight is 680 g/mol. The first-order valence-electron chi connectivity index (χ1n) is 18.0. The maximum absolute atomic E-state index is 6.53. The van der Waals surface area contributed by atoms with Crippen molar-refractivity contribution in [3.8, 4) is 22.3 Å². The first kappa shape index (κ1) is 30.8. The van der Waals surface area contributed by atoms with Crippen molar-refractivity contribution in [2.24, 2.45) is 4.99 Å². The van der Waals surface area contributed by atoms with Gasteiger partial charge < -0.3 is 8.83 Å². The largest absolute Gasteiger partial charge is 0.455 e. The summed E-state index contributed by atoms with van der Waals surface area (Å²) in [6, 6.07) is 61.5. The van der Waals surface area contributed by atoms with Crippen LogP contribution in [0.15, 0.2) is 196 Å². The Bertz CT molecular complexity index is 2900. The van der Waals surface area contributed by atoms with E-state index in [-0.39, 0.29) is 0 Å². The number of fused-ring (bicyclic) bond motifs is 7. The van der Waals surface area contributed by atoms with Crippen LogP contribution < -0.4 is 0 Å². The smallest absolute Gasteiger partial charge is 0.143 e. The molecule has 0 aliphatic rings. The Kier molecular flexibility index (Phi) is 7.54. The second-order valence-corrected chi connectivity index (χ2v) is 13.5. The Labute approximate surface area is 306 Å². The molecule has 3 heteroatoms. The van der Waals surface area contributed by atoms with Crippen LogP contribution in [-0.4, -0.2) is 6.21 Å². The standard InChI is InChI=1S/C50H33NO2/c1-2-13-36(14-3-1)46(27-25-33-24-26-35-12-4-5-15-37(35)28-33)51-32-34-29-38(40-18-10-20-44-42-16-6-8-22-47(42)52-49(40)44)31-39(30-34)41-19-11-21-45-43-17-7-9-23-48(43)53-50(41)45/h1-24,26-32H,25H2/b46-27-,51-32?. The number of benzene rings is 8. The van der Waals surface area contributed by atoms with Crippen LogP contribution in [0, 0.1) is 0 Å². The van der Waals surface area contributed by atoms with Gasteiger partial charge in [0, 0.05) is 38.9 Å². The highest BCUT2D eigenvalue weighted by Crippen LogP contribution is 2.40. The van der Waals surface area contributed by atoms with Crippen molar-refractivity contribution in [1.29, 1.82) is 0 Å². The summed E-state index contributed by atoms with van der Waals surface area (Å²) in [6.07, 6.45) is 4.98. The highest BCUT2D eigenvalue weighted by atomic mass is 16.3. The zero-order valence-corrected chi connectivity index (χ0v) is 28.9. The number of hydrogen-bond acceptors (Lipinski definition) is 3. The fourth-order valence-electron chi connectivity index (χ4n) is 7.56. The Morgan fingerprint density at radius 1 is 0.472 bits per heavy atom. The zero-order valence-electron chi connectivity index (χ0n) is 28.9. The maximum atomic E-state index is 6.53. The van der Waals surface area contributed by atoms with Gasteiger partial charge in [0.15, 0.2) is 0 Å². The zero-order chi connectivity index (χ0) is 35.1. The fourth-order valence-corrected chi connectivity index (χ4v) is 7.56. The molecular formula is C50H33NO2. The van der Waals surface area contributed by atoms with Gasteiger partial charge in [-0.05, 0) is 75.3 Å². The molecule has 0 saturated heterocycles. The number of furan rings is 2. The van der Waals surface area contributed by atoms with E-state index in [1.807, 2.05) is 36.5 Å². The quantitative estimate of drug-likeness (QED) is 0.157. The Morgan fingerprint density at radius 2 is 1.04 bits per heavy atom. The van der Waals surface area contributed by atoms with Gasteiger partial charge >= 0.3 is 0 Å². The third kappa shape index (κ3) is 5.69. The minimum absolute atomic E-state index is 0.764. The van der Waals surface area contributed by atoms with Gasteiger partial charge in [-0.25, -0.2) is 0 Å². The number of allylic oxidation sites excluding steroid dienone is 1. The van der Waals surface area contributed by atoms with Crippen molar-refractivity contribution < 1.29 is 8.83 Å². The maximum Gasteiger partial charge on any atom is 0.143 e. The predicted octanol–water partition coefficient (Wildman–Crippen LogP) is 13.7. The van der Waals surface area contributed by atoms with Crippen LogP contribution in [0.5, 0.6) is 0 Å². The van der Waals surface area contributed by atoms with E-state index in [1.165, 1.54) is 16.3 Å². The monoisotopic (exact) mass is 679 g/mol. The lowest BCUT2D eigenvalue weighted by Crippen LogP contribution is -1.91. The summed E-state index contributed by atoms with van der Waals surface area (Å²) >= 11 is 0. The Morgan fingerprint density at radius 3 is 1.70 bits per heavy atom. The molecule has 0 spiro atoms. The van der Waals surface area contributed by atoms with Crippen LogP contribution in [0.2, 0.25) is 0 Å². The van der Waals surface area contributed by atoms with Crippen molar-refractivity contribution in [2.75, 3.05) is 0 Å². The molecule has 3 nitrogen and oxygen atoms in total. The van der Waals surface area contributed by atoms with Crippen molar-refractivity contribution in [3.63, 3.8) is 0 Å². The van der Waals surface area contributed by atoms with Gasteiger partial charge in [-0.2, -0.15) is 0 Å². The molecular weight excluding hydrogens is 647 g/mol. The molecule has 0 N–H and O–H groups in total. The number of para-hydroxylation sites is 4. The molecule has 0 aliphatic carbocycles. The summed E-state index contributed by atoms with van der Waals surface area (Å²) in [4.78, 5) is 5.19. The molecule has 0 amide bonds. The lowest BCUT2D eigenvalue weighted by Gasteiger charge is -2.10. The summed E-state index contributed by atoms with van der Waals surface area (Å²) in [5.41, 5.74) is 11.9. The third-order valence-electron chi connectivity index (χ3n) is 10.2.